The lowest BCUT2D eigenvalue weighted by Gasteiger charge is -2.31. The summed E-state index contributed by atoms with van der Waals surface area (Å²) in [7, 11) is -3.46. The number of nitrogens with one attached hydrogen (secondary N) is 2. The molecular formula is C27H45N3O5S. The smallest absolute Gasteiger partial charge is 0.407 e. The first-order chi connectivity index (χ1) is 17.0. The van der Waals surface area contributed by atoms with Crippen LogP contribution in [0, 0.1) is 0 Å². The van der Waals surface area contributed by atoms with E-state index in [4.69, 9.17) is 4.74 Å². The molecule has 1 heterocycles. The summed E-state index contributed by atoms with van der Waals surface area (Å²) in [5.74, 6) is 0. The van der Waals surface area contributed by atoms with Gasteiger partial charge < -0.3 is 20.3 Å². The zero-order valence-corrected chi connectivity index (χ0v) is 23.3. The molecule has 36 heavy (non-hydrogen) atoms. The maximum absolute atomic E-state index is 13.1. The molecule has 1 aliphatic rings. The number of ether oxygens (including phenoxy) is 1. The number of hydrogen-bond acceptors (Lipinski definition) is 5. The van der Waals surface area contributed by atoms with Crippen molar-refractivity contribution < 1.29 is 22.7 Å². The van der Waals surface area contributed by atoms with Gasteiger partial charge in [-0.05, 0) is 64.2 Å². The average molecular weight is 524 g/mol. The molecule has 2 N–H and O–H groups in total. The minimum Gasteiger partial charge on any atom is -0.444 e. The summed E-state index contributed by atoms with van der Waals surface area (Å²) < 4.78 is 31.5. The van der Waals surface area contributed by atoms with Crippen LogP contribution in [0.5, 0.6) is 0 Å². The number of sulfone groups is 1. The van der Waals surface area contributed by atoms with Gasteiger partial charge in [0.05, 0.1) is 10.1 Å². The number of nitrogens with zero attached hydrogens (tertiary/aromatic N) is 1. The Morgan fingerprint density at radius 1 is 0.944 bits per heavy atom. The second kappa shape index (κ2) is 14.4. The zero-order valence-electron chi connectivity index (χ0n) is 22.5. The van der Waals surface area contributed by atoms with Gasteiger partial charge in [-0.15, -0.1) is 0 Å². The molecule has 0 aliphatic carbocycles. The van der Waals surface area contributed by atoms with Gasteiger partial charge in [-0.3, -0.25) is 0 Å². The van der Waals surface area contributed by atoms with Crippen LogP contribution in [-0.4, -0.2) is 62.5 Å². The van der Waals surface area contributed by atoms with Crippen LogP contribution < -0.4 is 10.6 Å². The molecule has 2 rings (SSSR count). The molecule has 1 aromatic rings. The number of carbonyl (C=O) groups excluding carboxylic acids is 2. The molecule has 0 atom stereocenters. The third-order valence-corrected chi connectivity index (χ3v) is 8.59. The highest BCUT2D eigenvalue weighted by Gasteiger charge is 2.32. The van der Waals surface area contributed by atoms with Crippen molar-refractivity contribution in [3.8, 4) is 0 Å². The molecule has 1 aromatic carbocycles. The molecule has 9 heteroatoms. The Labute approximate surface area is 217 Å². The highest BCUT2D eigenvalue weighted by molar-refractivity contribution is 7.92. The maximum atomic E-state index is 13.1. The van der Waals surface area contributed by atoms with Crippen molar-refractivity contribution in [2.75, 3.05) is 26.2 Å². The number of hydrogen-bond donors (Lipinski definition) is 2. The summed E-state index contributed by atoms with van der Waals surface area (Å²) >= 11 is 0. The van der Waals surface area contributed by atoms with E-state index in [0.717, 1.165) is 18.4 Å². The maximum Gasteiger partial charge on any atom is 0.407 e. The second-order valence-electron chi connectivity index (χ2n) is 10.6. The lowest BCUT2D eigenvalue weighted by atomic mass is 10.1. The van der Waals surface area contributed by atoms with Crippen LogP contribution in [0.1, 0.15) is 84.6 Å². The van der Waals surface area contributed by atoms with Crippen LogP contribution in [0.3, 0.4) is 0 Å². The predicted octanol–water partition coefficient (Wildman–Crippen LogP) is 5.06. The van der Waals surface area contributed by atoms with Gasteiger partial charge in [-0.2, -0.15) is 0 Å². The molecule has 0 saturated carbocycles. The number of unbranched alkanes of at least 4 members (excludes halogenated alkanes) is 5. The SMILES string of the molecule is CCCCCCCCNC(=O)N1CCC(S(=O)(=O)c2ccc(CCNC(=O)OC(C)(C)C)cc2)CC1. The number of benzene rings is 1. The number of carbonyl (C=O) groups is 2. The van der Waals surface area contributed by atoms with Crippen molar-refractivity contribution >= 4 is 22.0 Å². The van der Waals surface area contributed by atoms with E-state index in [0.29, 0.717) is 50.3 Å². The molecule has 0 unspecified atom stereocenters. The number of alkyl carbamates (subject to hydrolysis) is 1. The number of urea groups is 1. The lowest BCUT2D eigenvalue weighted by Crippen LogP contribution is -2.47. The van der Waals surface area contributed by atoms with Crippen molar-refractivity contribution in [1.29, 1.82) is 0 Å². The Balaban J connectivity index is 1.74. The third kappa shape index (κ3) is 10.4. The molecule has 0 bridgehead atoms. The Bertz CT molecular complexity index is 918. The Kier molecular flexibility index (Phi) is 12.0. The monoisotopic (exact) mass is 523 g/mol. The normalized spacial score (nSPS) is 14.9. The minimum absolute atomic E-state index is 0.0937. The summed E-state index contributed by atoms with van der Waals surface area (Å²) in [4.78, 5) is 26.2. The predicted molar refractivity (Wildman–Crippen MR) is 143 cm³/mol. The van der Waals surface area contributed by atoms with Gasteiger partial charge in [-0.1, -0.05) is 51.2 Å². The summed E-state index contributed by atoms with van der Waals surface area (Å²) in [5, 5.41) is 5.19. The van der Waals surface area contributed by atoms with E-state index in [-0.39, 0.29) is 6.03 Å². The van der Waals surface area contributed by atoms with Gasteiger partial charge in [0, 0.05) is 26.2 Å². The highest BCUT2D eigenvalue weighted by atomic mass is 32.2. The van der Waals surface area contributed by atoms with Gasteiger partial charge in [0.2, 0.25) is 0 Å². The Morgan fingerprint density at radius 3 is 2.17 bits per heavy atom. The number of rotatable bonds is 12. The number of likely N-dealkylation sites (tertiary alicyclic amines) is 1. The van der Waals surface area contributed by atoms with E-state index in [1.165, 1.54) is 25.7 Å². The third-order valence-electron chi connectivity index (χ3n) is 6.31. The molecule has 3 amide bonds. The molecule has 1 saturated heterocycles. The largest absolute Gasteiger partial charge is 0.444 e. The standard InChI is InChI=1S/C27H45N3O5S/c1-5-6-7-8-9-10-18-28-25(31)30-20-16-24(17-21-30)36(33,34)23-13-11-22(12-14-23)15-19-29-26(32)35-27(2,3)4/h11-14,24H,5-10,15-21H2,1-4H3,(H,28,31)(H,29,32). The van der Waals surface area contributed by atoms with Gasteiger partial charge in [0.15, 0.2) is 9.84 Å². The first-order valence-corrected chi connectivity index (χ1v) is 14.9. The first-order valence-electron chi connectivity index (χ1n) is 13.4. The van der Waals surface area contributed by atoms with Crippen LogP contribution in [-0.2, 0) is 21.0 Å². The minimum atomic E-state index is -3.46. The average Bonchev–Trinajstić information content (AvgIpc) is 2.82. The summed E-state index contributed by atoms with van der Waals surface area (Å²) in [6.07, 6.45) is 8.03. The topological polar surface area (TPSA) is 105 Å². The molecular weight excluding hydrogens is 478 g/mol. The number of amides is 3. The Hall–Kier alpha value is -2.29. The van der Waals surface area contributed by atoms with Crippen molar-refractivity contribution in [2.24, 2.45) is 0 Å². The van der Waals surface area contributed by atoms with Crippen LogP contribution in [0.2, 0.25) is 0 Å². The van der Waals surface area contributed by atoms with Crippen LogP contribution >= 0.6 is 0 Å². The van der Waals surface area contributed by atoms with E-state index in [2.05, 4.69) is 17.6 Å². The molecule has 1 fully saturated rings. The van der Waals surface area contributed by atoms with Crippen molar-refractivity contribution in [3.63, 3.8) is 0 Å². The van der Waals surface area contributed by atoms with Gasteiger partial charge in [-0.25, -0.2) is 18.0 Å². The van der Waals surface area contributed by atoms with E-state index >= 15 is 0 Å². The molecule has 0 aromatic heterocycles. The van der Waals surface area contributed by atoms with E-state index in [1.807, 2.05) is 20.8 Å². The van der Waals surface area contributed by atoms with Gasteiger partial charge >= 0.3 is 12.1 Å². The van der Waals surface area contributed by atoms with E-state index < -0.39 is 26.8 Å². The summed E-state index contributed by atoms with van der Waals surface area (Å²) in [6.45, 7) is 9.58. The fourth-order valence-corrected chi connectivity index (χ4v) is 5.97. The molecule has 1 aliphatic heterocycles. The second-order valence-corrected chi connectivity index (χ2v) is 12.8. The fraction of sp³-hybridized carbons (Fsp3) is 0.704. The van der Waals surface area contributed by atoms with E-state index in [9.17, 15) is 18.0 Å². The summed E-state index contributed by atoms with van der Waals surface area (Å²) in [5.41, 5.74) is 0.384. The quantitative estimate of drug-likeness (QED) is 0.373. The van der Waals surface area contributed by atoms with Crippen molar-refractivity contribution in [2.45, 2.75) is 101 Å². The first kappa shape index (κ1) is 29.9. The summed E-state index contributed by atoms with van der Waals surface area (Å²) in [6, 6.07) is 6.75. The van der Waals surface area contributed by atoms with Crippen molar-refractivity contribution in [1.82, 2.24) is 15.5 Å². The van der Waals surface area contributed by atoms with E-state index in [1.54, 1.807) is 29.2 Å². The van der Waals surface area contributed by atoms with Crippen LogP contribution in [0.15, 0.2) is 29.2 Å². The fourth-order valence-electron chi connectivity index (χ4n) is 4.24. The van der Waals surface area contributed by atoms with Crippen LogP contribution in [0.4, 0.5) is 9.59 Å². The lowest BCUT2D eigenvalue weighted by molar-refractivity contribution is 0.0528. The van der Waals surface area contributed by atoms with Crippen molar-refractivity contribution in [3.05, 3.63) is 29.8 Å². The van der Waals surface area contributed by atoms with Gasteiger partial charge in [0.25, 0.3) is 0 Å². The van der Waals surface area contributed by atoms with Gasteiger partial charge in [0.1, 0.15) is 5.60 Å². The molecule has 0 spiro atoms. The number of piperidine rings is 1. The highest BCUT2D eigenvalue weighted by Crippen LogP contribution is 2.25. The molecule has 204 valence electrons. The zero-order chi connectivity index (χ0) is 26.6. The molecule has 8 nitrogen and oxygen atoms in total. The molecule has 0 radical (unpaired) electrons. The Morgan fingerprint density at radius 2 is 1.56 bits per heavy atom. The van der Waals surface area contributed by atoms with Crippen LogP contribution in [0.25, 0.3) is 0 Å².